The van der Waals surface area contributed by atoms with Crippen LogP contribution in [0.4, 0.5) is 0 Å². The molecular formula is C53H73N6O9+. The molecule has 15 nitrogen and oxygen atoms in total. The molecule has 0 aromatic heterocycles. The molecule has 368 valence electrons. The summed E-state index contributed by atoms with van der Waals surface area (Å²) in [5.74, 6) is -1.81. The number of carbonyl (C=O) groups is 6. The Hall–Kier alpha value is -5.93. The van der Waals surface area contributed by atoms with Crippen LogP contribution < -0.4 is 26.0 Å². The molecule has 68 heavy (non-hydrogen) atoms. The van der Waals surface area contributed by atoms with Crippen molar-refractivity contribution in [2.24, 2.45) is 22.4 Å². The van der Waals surface area contributed by atoms with Crippen molar-refractivity contribution in [1.29, 1.82) is 0 Å². The van der Waals surface area contributed by atoms with Crippen molar-refractivity contribution in [1.82, 2.24) is 21.3 Å². The molecule has 1 saturated carbocycles. The van der Waals surface area contributed by atoms with Crippen molar-refractivity contribution in [3.63, 3.8) is 0 Å². The highest BCUT2D eigenvalue weighted by atomic mass is 16.6. The van der Waals surface area contributed by atoms with Crippen LogP contribution in [0, 0.1) is 17.3 Å². The van der Waals surface area contributed by atoms with Gasteiger partial charge in [-0.25, -0.2) is 0 Å². The van der Waals surface area contributed by atoms with Crippen molar-refractivity contribution in [2.75, 3.05) is 40.0 Å². The third-order valence-corrected chi connectivity index (χ3v) is 12.7. The van der Waals surface area contributed by atoms with Gasteiger partial charge in [-0.3, -0.25) is 28.8 Å². The third-order valence-electron chi connectivity index (χ3n) is 12.7. The fraction of sp³-hybridized carbons (Fsp3) is 0.528. The number of rotatable bonds is 26. The number of carbonyl (C=O) groups excluding carboxylic acids is 6. The minimum atomic E-state index is -1.05. The summed E-state index contributed by atoms with van der Waals surface area (Å²) in [6, 6.07) is 20.6. The number of ketones is 1. The molecule has 2 aliphatic rings. The van der Waals surface area contributed by atoms with E-state index < -0.39 is 53.3 Å². The number of morpholine rings is 1. The molecule has 5 rings (SSSR count). The van der Waals surface area contributed by atoms with Crippen LogP contribution in [-0.4, -0.2) is 110 Å². The smallest absolute Gasteiger partial charge is 0.310 e. The van der Waals surface area contributed by atoms with Crippen LogP contribution in [0.2, 0.25) is 0 Å². The van der Waals surface area contributed by atoms with Crippen molar-refractivity contribution >= 4 is 41.6 Å². The van der Waals surface area contributed by atoms with Gasteiger partial charge < -0.3 is 40.1 Å². The zero-order chi connectivity index (χ0) is 49.3. The topological polar surface area (TPSA) is 191 Å². The predicted octanol–water partition coefficient (Wildman–Crippen LogP) is 5.61. The SMILES string of the molecule is CCC(=O)Oc1ccc(C[N+]2(CC(=O)N[C@@H](CCc3ccccc3)C(=O)N[C@@H](CC(C)C)C(=O)N[C@@H](Cc3ccccc3)C(=O)N[C@@H](CC(C)C)C(=O)C3(C)CC3)CCOCC2)cc1/C=N/OC. The van der Waals surface area contributed by atoms with E-state index >= 15 is 0 Å². The van der Waals surface area contributed by atoms with Gasteiger partial charge in [0.05, 0.1) is 25.5 Å². The fourth-order valence-corrected chi connectivity index (χ4v) is 8.59. The van der Waals surface area contributed by atoms with E-state index in [2.05, 4.69) is 26.4 Å². The summed E-state index contributed by atoms with van der Waals surface area (Å²) >= 11 is 0. The molecule has 4 N–H and O–H groups in total. The highest BCUT2D eigenvalue weighted by Gasteiger charge is 2.48. The molecule has 2 fully saturated rings. The van der Waals surface area contributed by atoms with Gasteiger partial charge in [0.25, 0.3) is 5.91 Å². The second-order valence-corrected chi connectivity index (χ2v) is 19.5. The zero-order valence-corrected chi connectivity index (χ0v) is 41.0. The maximum Gasteiger partial charge on any atom is 0.310 e. The van der Waals surface area contributed by atoms with Gasteiger partial charge in [-0.2, -0.15) is 0 Å². The molecule has 0 radical (unpaired) electrons. The lowest BCUT2D eigenvalue weighted by Gasteiger charge is -2.41. The van der Waals surface area contributed by atoms with Gasteiger partial charge in [-0.1, -0.05) is 107 Å². The van der Waals surface area contributed by atoms with E-state index in [0.29, 0.717) is 61.5 Å². The van der Waals surface area contributed by atoms with E-state index in [9.17, 15) is 28.8 Å². The molecule has 4 amide bonds. The zero-order valence-electron chi connectivity index (χ0n) is 41.0. The number of Topliss-reactive ketones (excluding diaryl/α,β-unsaturated/α-hetero) is 1. The first-order valence-corrected chi connectivity index (χ1v) is 24.2. The number of oxime groups is 1. The first-order valence-electron chi connectivity index (χ1n) is 24.2. The maximum absolute atomic E-state index is 14.5. The van der Waals surface area contributed by atoms with Gasteiger partial charge in [0, 0.05) is 29.4 Å². The molecular weight excluding hydrogens is 865 g/mol. The Kier molecular flexibility index (Phi) is 19.8. The second kappa shape index (κ2) is 25.4. The third kappa shape index (κ3) is 16.4. The number of benzene rings is 3. The Morgan fingerprint density at radius 1 is 0.735 bits per heavy atom. The molecule has 0 bridgehead atoms. The van der Waals surface area contributed by atoms with E-state index in [4.69, 9.17) is 14.3 Å². The monoisotopic (exact) mass is 938 g/mol. The van der Waals surface area contributed by atoms with Crippen molar-refractivity contribution < 1.29 is 47.6 Å². The Morgan fingerprint density at radius 3 is 1.91 bits per heavy atom. The highest BCUT2D eigenvalue weighted by molar-refractivity contribution is 5.98. The number of hydrogen-bond acceptors (Lipinski definition) is 10. The van der Waals surface area contributed by atoms with Crippen LogP contribution in [0.1, 0.15) is 102 Å². The number of nitrogens with one attached hydrogen (secondary N) is 4. The lowest BCUT2D eigenvalue weighted by molar-refractivity contribution is -0.940. The number of hydrogen-bond donors (Lipinski definition) is 4. The number of aryl methyl sites for hydroxylation is 1. The van der Waals surface area contributed by atoms with Crippen LogP contribution in [0.3, 0.4) is 0 Å². The van der Waals surface area contributed by atoms with Gasteiger partial charge >= 0.3 is 5.97 Å². The summed E-state index contributed by atoms with van der Waals surface area (Å²) in [7, 11) is 1.42. The molecule has 3 aromatic carbocycles. The van der Waals surface area contributed by atoms with Crippen LogP contribution in [0.25, 0.3) is 0 Å². The van der Waals surface area contributed by atoms with Crippen LogP contribution >= 0.6 is 0 Å². The summed E-state index contributed by atoms with van der Waals surface area (Å²) < 4.78 is 11.6. The molecule has 15 heteroatoms. The Bertz CT molecular complexity index is 2190. The minimum absolute atomic E-state index is 0.00628. The molecule has 3 aromatic rings. The Labute approximate surface area is 402 Å². The summed E-state index contributed by atoms with van der Waals surface area (Å²) in [6.07, 6.45) is 4.85. The Morgan fingerprint density at radius 2 is 1.31 bits per heavy atom. The summed E-state index contributed by atoms with van der Waals surface area (Å²) in [5, 5.41) is 15.9. The predicted molar refractivity (Wildman–Crippen MR) is 260 cm³/mol. The van der Waals surface area contributed by atoms with Gasteiger partial charge in [-0.15, -0.1) is 0 Å². The number of esters is 1. The number of quaternary nitrogens is 1. The van der Waals surface area contributed by atoms with Gasteiger partial charge in [0.1, 0.15) is 50.6 Å². The van der Waals surface area contributed by atoms with E-state index in [0.717, 1.165) is 29.5 Å². The maximum atomic E-state index is 14.5. The second-order valence-electron chi connectivity index (χ2n) is 19.5. The molecule has 4 atom stereocenters. The van der Waals surface area contributed by atoms with Gasteiger partial charge in [-0.05, 0) is 79.7 Å². The summed E-state index contributed by atoms with van der Waals surface area (Å²) in [5.41, 5.74) is 2.75. The van der Waals surface area contributed by atoms with E-state index in [-0.39, 0.29) is 55.8 Å². The summed E-state index contributed by atoms with van der Waals surface area (Å²) in [4.78, 5) is 88.3. The van der Waals surface area contributed by atoms with Crippen molar-refractivity contribution in [3.05, 3.63) is 101 Å². The molecule has 1 heterocycles. The van der Waals surface area contributed by atoms with Crippen LogP contribution in [-0.2, 0) is 57.7 Å². The van der Waals surface area contributed by atoms with Crippen molar-refractivity contribution in [3.8, 4) is 5.75 Å². The van der Waals surface area contributed by atoms with Crippen LogP contribution in [0.15, 0.2) is 84.0 Å². The molecule has 0 spiro atoms. The number of amides is 4. The van der Waals surface area contributed by atoms with Gasteiger partial charge in [0.2, 0.25) is 17.7 Å². The normalized spacial score (nSPS) is 16.8. The quantitative estimate of drug-likeness (QED) is 0.0261. The lowest BCUT2D eigenvalue weighted by atomic mass is 9.91. The lowest BCUT2D eigenvalue weighted by Crippen LogP contribution is -2.61. The molecule has 1 aliphatic heterocycles. The minimum Gasteiger partial charge on any atom is -0.426 e. The first-order chi connectivity index (χ1) is 32.5. The number of ether oxygens (including phenoxy) is 2. The largest absolute Gasteiger partial charge is 0.426 e. The first kappa shape index (κ1) is 53.0. The van der Waals surface area contributed by atoms with Crippen LogP contribution in [0.5, 0.6) is 5.75 Å². The number of nitrogens with zero attached hydrogens (tertiary/aromatic N) is 2. The van der Waals surface area contributed by atoms with Gasteiger partial charge in [0.15, 0.2) is 12.3 Å². The average molecular weight is 938 g/mol. The summed E-state index contributed by atoms with van der Waals surface area (Å²) in [6.45, 7) is 13.9. The molecule has 1 saturated heterocycles. The van der Waals surface area contributed by atoms with E-state index in [1.54, 1.807) is 13.0 Å². The fourth-order valence-electron chi connectivity index (χ4n) is 8.59. The van der Waals surface area contributed by atoms with E-state index in [1.165, 1.54) is 13.3 Å². The van der Waals surface area contributed by atoms with E-state index in [1.807, 2.05) is 107 Å². The van der Waals surface area contributed by atoms with Crippen molar-refractivity contribution in [2.45, 2.75) is 124 Å². The molecule has 0 unspecified atom stereocenters. The average Bonchev–Trinajstić information content (AvgIpc) is 4.07. The molecule has 1 aliphatic carbocycles. The standard InChI is InChI=1S/C53H72N6O9/c1-8-48(61)68-46-22-20-40(31-41(46)33-54-66-7)34-59(25-27-67-28-26-59)35-47(60)55-42(21-19-38-15-11-9-12-16-38)50(63)57-44(30-37(4)5)51(64)58-45(32-39-17-13-10-14-18-39)52(65)56-43(29-36(2)3)49(62)53(6)23-24-53/h9-18,20,22,31,33,36-37,42-45H,8,19,21,23-30,32,34-35H2,1-7H3,(H3-,55,56,57,58,60,63,64,65)/p+1/b54-33+/t42-,43-,44-,45-/m0/s1. The Balaban J connectivity index is 1.37. The highest BCUT2D eigenvalue weighted by Crippen LogP contribution is 2.47.